The summed E-state index contributed by atoms with van der Waals surface area (Å²) >= 11 is 3.72. The van der Waals surface area contributed by atoms with Crippen LogP contribution in [0.3, 0.4) is 0 Å². The molecule has 0 N–H and O–H groups in total. The summed E-state index contributed by atoms with van der Waals surface area (Å²) < 4.78 is 37.4. The van der Waals surface area contributed by atoms with E-state index in [9.17, 15) is 13.2 Å². The summed E-state index contributed by atoms with van der Waals surface area (Å²) in [5, 5.41) is 0.207. The number of hydrogen-bond donors (Lipinski definition) is 0. The van der Waals surface area contributed by atoms with Crippen LogP contribution in [-0.4, -0.2) is 18.3 Å². The van der Waals surface area contributed by atoms with Gasteiger partial charge in [0, 0.05) is 10.5 Å². The molecule has 0 radical (unpaired) electrons. The van der Waals surface area contributed by atoms with Crippen LogP contribution < -0.4 is 29.6 Å². The predicted molar refractivity (Wildman–Crippen MR) is 81.2 cm³/mol. The van der Waals surface area contributed by atoms with Gasteiger partial charge in [0.25, 0.3) is 0 Å². The molecule has 0 saturated heterocycles. The minimum absolute atomic E-state index is 0. The van der Waals surface area contributed by atoms with E-state index >= 15 is 0 Å². The number of nitrogens with zero attached hydrogens (tertiary/aromatic N) is 2. The van der Waals surface area contributed by atoms with Gasteiger partial charge in [-0.25, -0.2) is 9.37 Å². The molecule has 1 unspecified atom stereocenters. The molecule has 3 rings (SSSR count). The maximum atomic E-state index is 13.1. The molecule has 1 aromatic heterocycles. The number of aromatic nitrogens is 2. The first-order valence-electron chi connectivity index (χ1n) is 6.25. The van der Waals surface area contributed by atoms with Gasteiger partial charge in [-0.15, -0.1) is 0 Å². The Hall–Kier alpha value is -1.02. The zero-order valence-electron chi connectivity index (χ0n) is 12.1. The summed E-state index contributed by atoms with van der Waals surface area (Å²) in [6.07, 6.45) is 1.44. The van der Waals surface area contributed by atoms with Crippen molar-refractivity contribution in [3.63, 3.8) is 0 Å². The zero-order chi connectivity index (χ0) is 15.7. The molecule has 0 saturated carbocycles. The van der Waals surface area contributed by atoms with Crippen molar-refractivity contribution in [3.8, 4) is 16.9 Å². The van der Waals surface area contributed by atoms with Gasteiger partial charge in [-0.05, 0) is 47.5 Å². The molecule has 3 aromatic rings. The normalized spacial score (nSPS) is 11.8. The minimum Gasteiger partial charge on any atom is -0.768 e. The van der Waals surface area contributed by atoms with Crippen molar-refractivity contribution in [2.24, 2.45) is 0 Å². The van der Waals surface area contributed by atoms with Gasteiger partial charge >= 0.3 is 29.6 Å². The van der Waals surface area contributed by atoms with Crippen LogP contribution in [0.5, 0.6) is 0 Å². The molecule has 0 aliphatic carbocycles. The van der Waals surface area contributed by atoms with Crippen molar-refractivity contribution in [1.29, 1.82) is 0 Å². The van der Waals surface area contributed by atoms with E-state index < -0.39 is 11.1 Å². The Bertz CT molecular complexity index is 855. The maximum absolute atomic E-state index is 13.1. The van der Waals surface area contributed by atoms with E-state index in [4.69, 9.17) is 11.6 Å². The molecule has 8 heteroatoms. The van der Waals surface area contributed by atoms with Gasteiger partial charge in [-0.3, -0.25) is 8.78 Å². The van der Waals surface area contributed by atoms with Gasteiger partial charge in [0.1, 0.15) is 12.1 Å². The number of hydrogen-bond acceptors (Lipinski definition) is 3. The molecule has 0 aliphatic heterocycles. The first-order chi connectivity index (χ1) is 10.6. The fraction of sp³-hybridized carbons (Fsp3) is 0. The fourth-order valence-electron chi connectivity index (χ4n) is 2.17. The van der Waals surface area contributed by atoms with Gasteiger partial charge in [0.2, 0.25) is 0 Å². The predicted octanol–water partition coefficient (Wildman–Crippen LogP) is 0.574. The Morgan fingerprint density at radius 3 is 2.43 bits per heavy atom. The third kappa shape index (κ3) is 3.74. The van der Waals surface area contributed by atoms with Crippen LogP contribution in [0.25, 0.3) is 16.9 Å². The molecular formula is C15H9ClFN2NaO2S. The third-order valence-corrected chi connectivity index (χ3v) is 4.13. The molecular weight excluding hydrogens is 350 g/mol. The standard InChI is InChI=1S/C15H10ClFN2O2S.Na/c16-15-14(10-5-7-11(17)8-6-10)19(9-18-15)12-3-1-2-4-13(12)22(20)21;/h1-9H,(H,20,21);/q;+1/p-1. The summed E-state index contributed by atoms with van der Waals surface area (Å²) in [6.45, 7) is 0. The summed E-state index contributed by atoms with van der Waals surface area (Å²) in [5.74, 6) is -0.369. The van der Waals surface area contributed by atoms with Crippen molar-refractivity contribution < 1.29 is 42.7 Å². The second-order valence-corrected chi connectivity index (χ2v) is 5.73. The average molecular weight is 359 g/mol. The molecule has 0 amide bonds. The van der Waals surface area contributed by atoms with Crippen LogP contribution in [0, 0.1) is 5.82 Å². The smallest absolute Gasteiger partial charge is 0.768 e. The van der Waals surface area contributed by atoms with E-state index in [0.29, 0.717) is 16.9 Å². The molecule has 0 aliphatic rings. The van der Waals surface area contributed by atoms with E-state index in [0.717, 1.165) is 0 Å². The van der Waals surface area contributed by atoms with Crippen LogP contribution in [0.2, 0.25) is 5.15 Å². The Balaban J connectivity index is 0.00000192. The van der Waals surface area contributed by atoms with E-state index in [1.807, 2.05) is 0 Å². The van der Waals surface area contributed by atoms with Crippen molar-refractivity contribution in [3.05, 3.63) is 65.8 Å². The fourth-order valence-corrected chi connectivity index (χ4v) is 2.94. The first kappa shape index (κ1) is 18.3. The topological polar surface area (TPSA) is 57.9 Å². The van der Waals surface area contributed by atoms with Crippen molar-refractivity contribution in [1.82, 2.24) is 9.55 Å². The largest absolute Gasteiger partial charge is 1.00 e. The summed E-state index contributed by atoms with van der Waals surface area (Å²) in [7, 11) is 0. The van der Waals surface area contributed by atoms with Crippen molar-refractivity contribution in [2.75, 3.05) is 0 Å². The van der Waals surface area contributed by atoms with Crippen LogP contribution in [-0.2, 0) is 11.1 Å². The van der Waals surface area contributed by atoms with Crippen LogP contribution >= 0.6 is 11.6 Å². The second-order valence-electron chi connectivity index (χ2n) is 4.46. The maximum Gasteiger partial charge on any atom is 1.00 e. The SMILES string of the molecule is O=S([O-])c1ccccc1-n1cnc(Cl)c1-c1ccc(F)cc1.[Na+]. The molecule has 1 heterocycles. The molecule has 2 aromatic carbocycles. The van der Waals surface area contributed by atoms with E-state index in [2.05, 4.69) is 4.98 Å². The minimum atomic E-state index is -2.40. The van der Waals surface area contributed by atoms with Crippen LogP contribution in [0.1, 0.15) is 0 Å². The van der Waals surface area contributed by atoms with Crippen molar-refractivity contribution >= 4 is 22.7 Å². The van der Waals surface area contributed by atoms with E-state index in [-0.39, 0.29) is 45.4 Å². The van der Waals surface area contributed by atoms with Crippen LogP contribution in [0.15, 0.2) is 59.8 Å². The third-order valence-electron chi connectivity index (χ3n) is 3.14. The molecule has 4 nitrogen and oxygen atoms in total. The quantitative estimate of drug-likeness (QED) is 0.508. The van der Waals surface area contributed by atoms with Gasteiger partial charge in [-0.1, -0.05) is 23.7 Å². The second kappa shape index (κ2) is 7.70. The molecule has 112 valence electrons. The molecule has 0 spiro atoms. The average Bonchev–Trinajstić information content (AvgIpc) is 2.90. The number of imidazole rings is 1. The number of rotatable bonds is 3. The number of benzene rings is 2. The Morgan fingerprint density at radius 1 is 1.13 bits per heavy atom. The van der Waals surface area contributed by atoms with Crippen LogP contribution in [0.4, 0.5) is 4.39 Å². The summed E-state index contributed by atoms with van der Waals surface area (Å²) in [4.78, 5) is 4.15. The number of para-hydroxylation sites is 1. The summed E-state index contributed by atoms with van der Waals surface area (Å²) in [6, 6.07) is 12.2. The van der Waals surface area contributed by atoms with Crippen molar-refractivity contribution in [2.45, 2.75) is 4.90 Å². The van der Waals surface area contributed by atoms with E-state index in [1.165, 1.54) is 24.5 Å². The molecule has 0 fully saturated rings. The Kier molecular flexibility index (Phi) is 6.13. The molecule has 0 bridgehead atoms. The first-order valence-corrected chi connectivity index (χ1v) is 7.70. The van der Waals surface area contributed by atoms with Gasteiger partial charge in [-0.2, -0.15) is 0 Å². The van der Waals surface area contributed by atoms with Gasteiger partial charge in [0.05, 0.1) is 11.4 Å². The monoisotopic (exact) mass is 358 g/mol. The zero-order valence-corrected chi connectivity index (χ0v) is 15.6. The summed E-state index contributed by atoms with van der Waals surface area (Å²) in [5.41, 5.74) is 1.56. The molecule has 1 atom stereocenters. The number of halogens is 2. The Labute approximate surface area is 161 Å². The molecule has 23 heavy (non-hydrogen) atoms. The van der Waals surface area contributed by atoms with Gasteiger partial charge < -0.3 is 4.55 Å². The Morgan fingerprint density at radius 2 is 1.78 bits per heavy atom. The van der Waals surface area contributed by atoms with Gasteiger partial charge in [0.15, 0.2) is 5.15 Å². The van der Waals surface area contributed by atoms with E-state index in [1.54, 1.807) is 34.9 Å².